The molecule has 0 fully saturated rings. The van der Waals surface area contributed by atoms with E-state index in [9.17, 15) is 4.79 Å². The van der Waals surface area contributed by atoms with Crippen LogP contribution in [0.25, 0.3) is 16.8 Å². The van der Waals surface area contributed by atoms with Crippen molar-refractivity contribution in [2.24, 2.45) is 0 Å². The lowest BCUT2D eigenvalue weighted by Crippen LogP contribution is -2.02. The van der Waals surface area contributed by atoms with Crippen LogP contribution in [0.15, 0.2) is 103 Å². The smallest absolute Gasteiger partial charge is 0.190 e. The Labute approximate surface area is 158 Å². The van der Waals surface area contributed by atoms with Gasteiger partial charge in [0.1, 0.15) is 0 Å². The molecule has 0 radical (unpaired) electrons. The average molecular weight is 346 g/mol. The molecule has 1 heteroatoms. The van der Waals surface area contributed by atoms with E-state index in [2.05, 4.69) is 54.6 Å². The first kappa shape index (κ1) is 15.8. The summed E-state index contributed by atoms with van der Waals surface area (Å²) in [5.41, 5.74) is 4.98. The molecule has 1 nitrogen and oxygen atoms in total. The Kier molecular flexibility index (Phi) is 3.72. The van der Waals surface area contributed by atoms with E-state index in [1.807, 2.05) is 48.5 Å². The van der Waals surface area contributed by atoms with Crippen molar-refractivity contribution in [3.63, 3.8) is 0 Å². The van der Waals surface area contributed by atoms with E-state index in [0.29, 0.717) is 0 Å². The molecule has 1 aliphatic rings. The third-order valence-electron chi connectivity index (χ3n) is 5.32. The molecule has 1 unspecified atom stereocenters. The first-order valence-electron chi connectivity index (χ1n) is 9.20. The molecule has 128 valence electrons. The summed E-state index contributed by atoms with van der Waals surface area (Å²) in [6, 6.07) is 32.9. The Hall–Kier alpha value is -3.45. The normalized spacial score (nSPS) is 17.4. The molecule has 1 aliphatic carbocycles. The van der Waals surface area contributed by atoms with E-state index >= 15 is 0 Å². The molecule has 0 spiro atoms. The van der Waals surface area contributed by atoms with Crippen LogP contribution in [0.2, 0.25) is 0 Å². The summed E-state index contributed by atoms with van der Waals surface area (Å²) in [6.45, 7) is 0. The molecule has 0 N–H and O–H groups in total. The molecular formula is C26H18O. The van der Waals surface area contributed by atoms with Crippen LogP contribution in [0.5, 0.6) is 0 Å². The molecule has 0 bridgehead atoms. The predicted molar refractivity (Wildman–Crippen MR) is 111 cm³/mol. The highest BCUT2D eigenvalue weighted by Crippen LogP contribution is 2.42. The van der Waals surface area contributed by atoms with Gasteiger partial charge >= 0.3 is 0 Å². The van der Waals surface area contributed by atoms with Gasteiger partial charge in [-0.25, -0.2) is 0 Å². The van der Waals surface area contributed by atoms with E-state index in [0.717, 1.165) is 27.8 Å². The molecule has 0 aliphatic heterocycles. The zero-order valence-corrected chi connectivity index (χ0v) is 14.8. The molecule has 5 rings (SSSR count). The van der Waals surface area contributed by atoms with Gasteiger partial charge in [-0.2, -0.15) is 0 Å². The Morgan fingerprint density at radius 2 is 1.37 bits per heavy atom. The van der Waals surface area contributed by atoms with Crippen molar-refractivity contribution in [3.05, 3.63) is 125 Å². The molecule has 0 heterocycles. The minimum atomic E-state index is -0.0126. The monoisotopic (exact) mass is 346 g/mol. The van der Waals surface area contributed by atoms with E-state index in [1.165, 1.54) is 10.8 Å². The van der Waals surface area contributed by atoms with Crippen LogP contribution in [0.3, 0.4) is 0 Å². The maximum atomic E-state index is 13.2. The summed E-state index contributed by atoms with van der Waals surface area (Å²) in [6.07, 6.45) is 2.06. The number of allylic oxidation sites excluding steroid dienone is 1. The fraction of sp³-hybridized carbons (Fsp3) is 0.0385. The number of fused-ring (bicyclic) bond motifs is 2. The molecule has 27 heavy (non-hydrogen) atoms. The second-order valence-electron chi connectivity index (χ2n) is 6.97. The molecular weight excluding hydrogens is 328 g/mol. The Morgan fingerprint density at radius 1 is 0.667 bits per heavy atom. The Morgan fingerprint density at radius 3 is 2.22 bits per heavy atom. The minimum absolute atomic E-state index is 0.0126. The number of hydrogen-bond donors (Lipinski definition) is 0. The summed E-state index contributed by atoms with van der Waals surface area (Å²) < 4.78 is 0. The van der Waals surface area contributed by atoms with Crippen molar-refractivity contribution >= 4 is 22.6 Å². The van der Waals surface area contributed by atoms with E-state index in [1.54, 1.807) is 0 Å². The van der Waals surface area contributed by atoms with Crippen LogP contribution < -0.4 is 0 Å². The van der Waals surface area contributed by atoms with Crippen molar-refractivity contribution in [1.82, 2.24) is 0 Å². The van der Waals surface area contributed by atoms with Crippen LogP contribution in [0.4, 0.5) is 0 Å². The maximum Gasteiger partial charge on any atom is 0.190 e. The highest BCUT2D eigenvalue weighted by atomic mass is 16.1. The lowest BCUT2D eigenvalue weighted by Gasteiger charge is -2.14. The van der Waals surface area contributed by atoms with E-state index in [-0.39, 0.29) is 11.7 Å². The second kappa shape index (κ2) is 6.37. The molecule has 4 aromatic carbocycles. The third kappa shape index (κ3) is 2.69. The molecule has 0 amide bonds. The van der Waals surface area contributed by atoms with Gasteiger partial charge in [0, 0.05) is 17.1 Å². The second-order valence-corrected chi connectivity index (χ2v) is 6.97. The fourth-order valence-corrected chi connectivity index (χ4v) is 4.04. The zero-order valence-electron chi connectivity index (χ0n) is 14.8. The minimum Gasteiger partial charge on any atom is -0.289 e. The topological polar surface area (TPSA) is 17.1 Å². The Bertz CT molecular complexity index is 1180. The zero-order chi connectivity index (χ0) is 18.2. The number of carbonyl (C=O) groups excluding carboxylic acids is 1. The van der Waals surface area contributed by atoms with Gasteiger partial charge in [-0.05, 0) is 39.6 Å². The number of rotatable bonds is 2. The SMILES string of the molecule is O=C1/C(=C/c2ccc3ccccc3c2)C(c2ccccc2)c2ccccc21. The molecule has 4 aromatic rings. The number of Topliss-reactive ketones (excluding diaryl/α,β-unsaturated/α-hetero) is 1. The summed E-state index contributed by atoms with van der Waals surface area (Å²) >= 11 is 0. The molecule has 0 aromatic heterocycles. The van der Waals surface area contributed by atoms with Crippen molar-refractivity contribution in [3.8, 4) is 0 Å². The van der Waals surface area contributed by atoms with Gasteiger partial charge in [-0.1, -0.05) is 91.0 Å². The third-order valence-corrected chi connectivity index (χ3v) is 5.32. The first-order valence-corrected chi connectivity index (χ1v) is 9.20. The molecule has 0 saturated carbocycles. The van der Waals surface area contributed by atoms with Gasteiger partial charge in [-0.15, -0.1) is 0 Å². The van der Waals surface area contributed by atoms with Crippen LogP contribution in [-0.4, -0.2) is 5.78 Å². The lowest BCUT2D eigenvalue weighted by atomic mass is 9.88. The van der Waals surface area contributed by atoms with Gasteiger partial charge in [0.25, 0.3) is 0 Å². The number of benzene rings is 4. The van der Waals surface area contributed by atoms with Crippen LogP contribution in [0, 0.1) is 0 Å². The summed E-state index contributed by atoms with van der Waals surface area (Å²) in [4.78, 5) is 13.2. The fourth-order valence-electron chi connectivity index (χ4n) is 4.04. The van der Waals surface area contributed by atoms with Crippen LogP contribution in [-0.2, 0) is 0 Å². The van der Waals surface area contributed by atoms with Crippen molar-refractivity contribution < 1.29 is 4.79 Å². The van der Waals surface area contributed by atoms with Gasteiger partial charge < -0.3 is 0 Å². The van der Waals surface area contributed by atoms with Crippen LogP contribution in [0.1, 0.15) is 33.0 Å². The summed E-state index contributed by atoms with van der Waals surface area (Å²) in [5, 5.41) is 2.39. The lowest BCUT2D eigenvalue weighted by molar-refractivity contribution is 0.103. The maximum absolute atomic E-state index is 13.2. The van der Waals surface area contributed by atoms with Gasteiger partial charge in [0.2, 0.25) is 0 Å². The van der Waals surface area contributed by atoms with Crippen molar-refractivity contribution in [2.75, 3.05) is 0 Å². The largest absolute Gasteiger partial charge is 0.289 e. The number of ketones is 1. The number of hydrogen-bond acceptors (Lipinski definition) is 1. The van der Waals surface area contributed by atoms with E-state index < -0.39 is 0 Å². The molecule has 0 saturated heterocycles. The van der Waals surface area contributed by atoms with Crippen molar-refractivity contribution in [2.45, 2.75) is 5.92 Å². The summed E-state index contributed by atoms with van der Waals surface area (Å²) in [5.74, 6) is 0.119. The predicted octanol–water partition coefficient (Wildman–Crippen LogP) is 6.25. The van der Waals surface area contributed by atoms with Gasteiger partial charge in [0.15, 0.2) is 5.78 Å². The first-order chi connectivity index (χ1) is 13.3. The number of carbonyl (C=O) groups is 1. The van der Waals surface area contributed by atoms with Gasteiger partial charge in [0.05, 0.1) is 0 Å². The van der Waals surface area contributed by atoms with Gasteiger partial charge in [-0.3, -0.25) is 4.79 Å². The summed E-state index contributed by atoms with van der Waals surface area (Å²) in [7, 11) is 0. The van der Waals surface area contributed by atoms with E-state index in [4.69, 9.17) is 0 Å². The molecule has 1 atom stereocenters. The standard InChI is InChI=1S/C26H18O/c27-26-23-13-7-6-12-22(23)25(20-9-2-1-3-10-20)24(26)17-18-14-15-19-8-4-5-11-21(19)16-18/h1-17,25H/b24-17+. The Balaban J connectivity index is 1.69. The highest BCUT2D eigenvalue weighted by molar-refractivity contribution is 6.17. The van der Waals surface area contributed by atoms with Crippen molar-refractivity contribution in [1.29, 1.82) is 0 Å². The quantitative estimate of drug-likeness (QED) is 0.392. The average Bonchev–Trinajstić information content (AvgIpc) is 3.00. The highest BCUT2D eigenvalue weighted by Gasteiger charge is 2.35. The van der Waals surface area contributed by atoms with Crippen LogP contribution >= 0.6 is 0 Å².